The normalized spacial score (nSPS) is 12.9. The Balaban J connectivity index is 1.19. The maximum Gasteiger partial charge on any atom is 0.268 e. The van der Waals surface area contributed by atoms with Gasteiger partial charge in [0.05, 0.1) is 31.9 Å². The second-order valence-electron chi connectivity index (χ2n) is 11.7. The number of aryl methyl sites for hydroxylation is 1. The van der Waals surface area contributed by atoms with Gasteiger partial charge in [-0.25, -0.2) is 4.98 Å². The molecule has 1 amide bonds. The number of carbonyl (C=O) groups is 1. The van der Waals surface area contributed by atoms with Gasteiger partial charge in [-0.3, -0.25) is 23.9 Å². The van der Waals surface area contributed by atoms with Crippen LogP contribution in [0.25, 0.3) is 11.0 Å². The third kappa shape index (κ3) is 6.96. The minimum absolute atomic E-state index is 0.00171. The quantitative estimate of drug-likeness (QED) is 0.243. The summed E-state index contributed by atoms with van der Waals surface area (Å²) in [5.41, 5.74) is 3.54. The van der Waals surface area contributed by atoms with E-state index < -0.39 is 11.5 Å². The van der Waals surface area contributed by atoms with E-state index in [9.17, 15) is 14.4 Å². The molecule has 48 heavy (non-hydrogen) atoms. The highest BCUT2D eigenvalue weighted by molar-refractivity contribution is 5.94. The van der Waals surface area contributed by atoms with Crippen molar-refractivity contribution in [1.82, 2.24) is 29.4 Å². The fourth-order valence-electron chi connectivity index (χ4n) is 5.60. The van der Waals surface area contributed by atoms with E-state index >= 15 is 0 Å². The number of pyridine rings is 3. The van der Waals surface area contributed by atoms with E-state index in [-0.39, 0.29) is 23.7 Å². The number of hydrogen-bond donors (Lipinski definition) is 2. The van der Waals surface area contributed by atoms with E-state index in [0.29, 0.717) is 34.7 Å². The topological polar surface area (TPSA) is 136 Å². The van der Waals surface area contributed by atoms with Gasteiger partial charge in [-0.1, -0.05) is 17.9 Å². The van der Waals surface area contributed by atoms with Crippen LogP contribution in [-0.4, -0.2) is 62.8 Å². The van der Waals surface area contributed by atoms with Gasteiger partial charge in [-0.2, -0.15) is 4.98 Å². The fraction of sp³-hybridized carbons (Fsp3) is 0.278. The van der Waals surface area contributed by atoms with Gasteiger partial charge in [0.15, 0.2) is 0 Å². The molecule has 1 aliphatic heterocycles. The Morgan fingerprint density at radius 1 is 1.02 bits per heavy atom. The molecule has 12 heteroatoms. The van der Waals surface area contributed by atoms with Gasteiger partial charge in [0, 0.05) is 60.7 Å². The number of nitrogens with zero attached hydrogens (tertiary/aromatic N) is 6. The number of nitrogens with one attached hydrogen (secondary N) is 2. The van der Waals surface area contributed by atoms with Crippen LogP contribution in [0.5, 0.6) is 0 Å². The monoisotopic (exact) mass is 644 g/mol. The van der Waals surface area contributed by atoms with Crippen LogP contribution in [-0.2, 0) is 11.3 Å². The van der Waals surface area contributed by atoms with Crippen molar-refractivity contribution in [3.63, 3.8) is 0 Å². The van der Waals surface area contributed by atoms with E-state index in [2.05, 4.69) is 49.5 Å². The molecule has 6 rings (SSSR count). The van der Waals surface area contributed by atoms with Crippen LogP contribution in [0.2, 0.25) is 0 Å². The lowest BCUT2D eigenvalue weighted by molar-refractivity contribution is 0.0956. The number of rotatable bonds is 8. The summed E-state index contributed by atoms with van der Waals surface area (Å²) in [7, 11) is 0. The molecule has 5 aromatic rings. The van der Waals surface area contributed by atoms with Crippen molar-refractivity contribution < 1.29 is 9.53 Å². The van der Waals surface area contributed by atoms with Gasteiger partial charge >= 0.3 is 0 Å². The zero-order valence-electron chi connectivity index (χ0n) is 27.1. The number of amides is 1. The zero-order valence-corrected chi connectivity index (χ0v) is 27.1. The third-order valence-electron chi connectivity index (χ3n) is 8.12. The molecule has 0 spiro atoms. The van der Waals surface area contributed by atoms with E-state index in [1.54, 1.807) is 41.5 Å². The summed E-state index contributed by atoms with van der Waals surface area (Å²) in [5.74, 6) is 5.66. The van der Waals surface area contributed by atoms with Crippen LogP contribution in [0, 0.1) is 18.8 Å². The summed E-state index contributed by atoms with van der Waals surface area (Å²) in [6.45, 7) is 9.03. The molecule has 1 aliphatic rings. The van der Waals surface area contributed by atoms with Crippen molar-refractivity contribution in [1.29, 1.82) is 0 Å². The van der Waals surface area contributed by atoms with Gasteiger partial charge in [-0.05, 0) is 74.4 Å². The third-order valence-corrected chi connectivity index (χ3v) is 8.12. The zero-order chi connectivity index (χ0) is 33.6. The second-order valence-corrected chi connectivity index (χ2v) is 11.7. The first kappa shape index (κ1) is 32.2. The standard InChI is InChI=1S/C36H36N8O4/c1-24(2)44-32-31(22-39-36(41-32)40-27-10-12-28(13-11-27)42-17-19-48-20-18-42)25(3)29(35(44)47)8-5-15-38-33(45)30-9-6-16-43(34(30)46)23-26-7-4-14-37-21-26/h4,6-7,9-14,16,21-22,24H,15,17-20,23H2,1-3H3,(H,38,45)(H,39,40,41). The molecular formula is C36H36N8O4. The Labute approximate surface area is 277 Å². The lowest BCUT2D eigenvalue weighted by Crippen LogP contribution is -2.36. The van der Waals surface area contributed by atoms with Crippen molar-refractivity contribution >= 4 is 34.3 Å². The highest BCUT2D eigenvalue weighted by atomic mass is 16.5. The molecule has 0 saturated carbocycles. The number of morpholine rings is 1. The van der Waals surface area contributed by atoms with Gasteiger partial charge in [0.25, 0.3) is 17.0 Å². The number of carbonyl (C=O) groups excluding carboxylic acids is 1. The lowest BCUT2D eigenvalue weighted by atomic mass is 10.1. The Morgan fingerprint density at radius 3 is 2.54 bits per heavy atom. The molecule has 0 atom stereocenters. The molecule has 4 aromatic heterocycles. The summed E-state index contributed by atoms with van der Waals surface area (Å²) in [4.78, 5) is 55.2. The SMILES string of the molecule is Cc1c(C#CCNC(=O)c2cccn(Cc3cccnc3)c2=O)c(=O)n(C(C)C)c2nc(Nc3ccc(N4CCOCC4)cc3)ncc12. The first-order valence-corrected chi connectivity index (χ1v) is 15.8. The predicted molar refractivity (Wildman–Crippen MR) is 185 cm³/mol. The fourth-order valence-corrected chi connectivity index (χ4v) is 5.60. The molecule has 0 unspecified atom stereocenters. The Kier molecular flexibility index (Phi) is 9.59. The minimum Gasteiger partial charge on any atom is -0.378 e. The van der Waals surface area contributed by atoms with Crippen molar-refractivity contribution in [3.8, 4) is 11.8 Å². The van der Waals surface area contributed by atoms with Crippen molar-refractivity contribution in [2.45, 2.75) is 33.4 Å². The van der Waals surface area contributed by atoms with E-state index in [1.165, 1.54) is 10.6 Å². The van der Waals surface area contributed by atoms with Crippen molar-refractivity contribution in [3.05, 3.63) is 116 Å². The lowest BCUT2D eigenvalue weighted by Gasteiger charge is -2.28. The van der Waals surface area contributed by atoms with E-state index in [0.717, 1.165) is 43.2 Å². The van der Waals surface area contributed by atoms with Crippen LogP contribution in [0.3, 0.4) is 0 Å². The highest BCUT2D eigenvalue weighted by Crippen LogP contribution is 2.24. The summed E-state index contributed by atoms with van der Waals surface area (Å²) in [6, 6.07) is 14.6. The summed E-state index contributed by atoms with van der Waals surface area (Å²) in [5, 5.41) is 6.63. The van der Waals surface area contributed by atoms with Crippen molar-refractivity contribution in [2.75, 3.05) is 43.1 Å². The second kappa shape index (κ2) is 14.3. The molecule has 1 fully saturated rings. The van der Waals surface area contributed by atoms with Crippen LogP contribution in [0.4, 0.5) is 17.3 Å². The Morgan fingerprint density at radius 2 is 1.81 bits per heavy atom. The Bertz CT molecular complexity index is 2120. The van der Waals surface area contributed by atoms with Crippen LogP contribution in [0.15, 0.2) is 82.9 Å². The highest BCUT2D eigenvalue weighted by Gasteiger charge is 2.18. The number of fused-ring (bicyclic) bond motifs is 1. The minimum atomic E-state index is -0.547. The molecule has 1 aromatic carbocycles. The predicted octanol–water partition coefficient (Wildman–Crippen LogP) is 3.65. The molecule has 244 valence electrons. The van der Waals surface area contributed by atoms with E-state index in [4.69, 9.17) is 9.72 Å². The number of hydrogen-bond acceptors (Lipinski definition) is 9. The maximum atomic E-state index is 13.7. The van der Waals surface area contributed by atoms with Gasteiger partial charge in [0.1, 0.15) is 11.2 Å². The average Bonchev–Trinajstić information content (AvgIpc) is 3.09. The first-order chi connectivity index (χ1) is 23.3. The summed E-state index contributed by atoms with van der Waals surface area (Å²) < 4.78 is 8.51. The molecule has 0 radical (unpaired) electrons. The smallest absolute Gasteiger partial charge is 0.268 e. The molecule has 0 bridgehead atoms. The van der Waals surface area contributed by atoms with Gasteiger partial charge in [-0.15, -0.1) is 0 Å². The van der Waals surface area contributed by atoms with Crippen molar-refractivity contribution in [2.24, 2.45) is 0 Å². The molecule has 12 nitrogen and oxygen atoms in total. The molecule has 2 N–H and O–H groups in total. The molecular weight excluding hydrogens is 608 g/mol. The molecule has 5 heterocycles. The summed E-state index contributed by atoms with van der Waals surface area (Å²) >= 11 is 0. The number of ether oxygens (including phenoxy) is 1. The number of anilines is 3. The van der Waals surface area contributed by atoms with Crippen LogP contribution < -0.4 is 26.7 Å². The first-order valence-electron chi connectivity index (χ1n) is 15.8. The van der Waals surface area contributed by atoms with Crippen LogP contribution in [0.1, 0.15) is 46.9 Å². The molecule has 1 saturated heterocycles. The van der Waals surface area contributed by atoms with E-state index in [1.807, 2.05) is 39.0 Å². The van der Waals surface area contributed by atoms with Gasteiger partial charge < -0.3 is 24.8 Å². The average molecular weight is 645 g/mol. The molecule has 0 aliphatic carbocycles. The summed E-state index contributed by atoms with van der Waals surface area (Å²) in [6.07, 6.45) is 6.65. The number of aromatic nitrogens is 5. The number of benzene rings is 1. The van der Waals surface area contributed by atoms with Gasteiger partial charge in [0.2, 0.25) is 5.95 Å². The Hall–Kier alpha value is -5.80. The maximum absolute atomic E-state index is 13.7. The largest absolute Gasteiger partial charge is 0.378 e. The van der Waals surface area contributed by atoms with Crippen LogP contribution >= 0.6 is 0 Å².